The number of hydrogen-bond donors (Lipinski definition) is 1. The van der Waals surface area contributed by atoms with Gasteiger partial charge in [-0.3, -0.25) is 4.99 Å². The van der Waals surface area contributed by atoms with Gasteiger partial charge in [-0.1, -0.05) is 20.8 Å². The summed E-state index contributed by atoms with van der Waals surface area (Å²) in [7, 11) is 0. The van der Waals surface area contributed by atoms with Gasteiger partial charge in [0, 0.05) is 54.9 Å². The van der Waals surface area contributed by atoms with E-state index in [1.165, 1.54) is 22.9 Å². The molecule has 1 aromatic rings. The maximum Gasteiger partial charge on any atom is 0.193 e. The standard InChI is InChI=1S/C17H30N4S2.HI/c1-5-15-11-21(9-10-22-15)17(18-6-2)19-8-7-14-12-23-16(20-14)13(3)4;/h12-13,15H,5-11H2,1-4H3,(H,18,19);1H. The van der Waals surface area contributed by atoms with E-state index in [9.17, 15) is 0 Å². The number of nitrogens with one attached hydrogen (secondary N) is 1. The molecule has 0 spiro atoms. The van der Waals surface area contributed by atoms with Gasteiger partial charge in [-0.15, -0.1) is 35.3 Å². The van der Waals surface area contributed by atoms with Gasteiger partial charge in [0.25, 0.3) is 0 Å². The molecule has 138 valence electrons. The number of thiazole rings is 1. The molecule has 24 heavy (non-hydrogen) atoms. The summed E-state index contributed by atoms with van der Waals surface area (Å²) in [4.78, 5) is 12.0. The molecule has 1 N–H and O–H groups in total. The molecular weight excluding hydrogens is 451 g/mol. The lowest BCUT2D eigenvalue weighted by molar-refractivity contribution is 0.408. The average Bonchev–Trinajstić information content (AvgIpc) is 3.03. The lowest BCUT2D eigenvalue weighted by atomic mass is 10.2. The van der Waals surface area contributed by atoms with Gasteiger partial charge in [0.05, 0.1) is 10.7 Å². The molecule has 0 saturated carbocycles. The second-order valence-corrected chi connectivity index (χ2v) is 8.46. The minimum absolute atomic E-state index is 0. The van der Waals surface area contributed by atoms with Crippen molar-refractivity contribution in [3.8, 4) is 0 Å². The van der Waals surface area contributed by atoms with Crippen LogP contribution in [0.4, 0.5) is 0 Å². The highest BCUT2D eigenvalue weighted by atomic mass is 127. The van der Waals surface area contributed by atoms with Crippen LogP contribution in [0.15, 0.2) is 10.4 Å². The van der Waals surface area contributed by atoms with Gasteiger partial charge < -0.3 is 10.2 Å². The Morgan fingerprint density at radius 2 is 2.25 bits per heavy atom. The van der Waals surface area contributed by atoms with Crippen LogP contribution < -0.4 is 5.32 Å². The summed E-state index contributed by atoms with van der Waals surface area (Å²) in [6, 6.07) is 0. The smallest absolute Gasteiger partial charge is 0.193 e. The predicted molar refractivity (Wildman–Crippen MR) is 119 cm³/mol. The van der Waals surface area contributed by atoms with E-state index in [4.69, 9.17) is 9.98 Å². The minimum atomic E-state index is 0. The first kappa shape index (κ1) is 22.0. The Morgan fingerprint density at radius 1 is 1.46 bits per heavy atom. The van der Waals surface area contributed by atoms with E-state index in [2.05, 4.69) is 55.1 Å². The van der Waals surface area contributed by atoms with E-state index in [0.717, 1.165) is 43.8 Å². The zero-order chi connectivity index (χ0) is 16.7. The molecule has 1 aromatic heterocycles. The summed E-state index contributed by atoms with van der Waals surface area (Å²) in [6.07, 6.45) is 2.16. The van der Waals surface area contributed by atoms with Gasteiger partial charge in [-0.05, 0) is 13.3 Å². The highest BCUT2D eigenvalue weighted by Crippen LogP contribution is 2.21. The molecule has 1 aliphatic rings. The van der Waals surface area contributed by atoms with Crippen molar-refractivity contribution < 1.29 is 0 Å². The van der Waals surface area contributed by atoms with Gasteiger partial charge in [0.2, 0.25) is 0 Å². The van der Waals surface area contributed by atoms with Gasteiger partial charge in [-0.25, -0.2) is 4.98 Å². The summed E-state index contributed by atoms with van der Waals surface area (Å²) in [5, 5.41) is 7.61. The molecule has 1 unspecified atom stereocenters. The summed E-state index contributed by atoms with van der Waals surface area (Å²) < 4.78 is 0. The Balaban J connectivity index is 0.00000288. The zero-order valence-corrected chi connectivity index (χ0v) is 19.2. The van der Waals surface area contributed by atoms with Crippen LogP contribution in [0.25, 0.3) is 0 Å². The first-order valence-corrected chi connectivity index (χ1v) is 10.7. The normalized spacial score (nSPS) is 18.6. The molecular formula is C17H31IN4S2. The summed E-state index contributed by atoms with van der Waals surface area (Å²) >= 11 is 3.87. The Bertz CT molecular complexity index is 505. The largest absolute Gasteiger partial charge is 0.357 e. The molecule has 4 nitrogen and oxygen atoms in total. The topological polar surface area (TPSA) is 40.5 Å². The summed E-state index contributed by atoms with van der Waals surface area (Å²) in [5.74, 6) is 2.80. The number of halogens is 1. The number of aromatic nitrogens is 1. The number of thioether (sulfide) groups is 1. The third-order valence-corrected chi connectivity index (χ3v) is 6.49. The van der Waals surface area contributed by atoms with Crippen molar-refractivity contribution in [2.24, 2.45) is 4.99 Å². The van der Waals surface area contributed by atoms with E-state index in [1.54, 1.807) is 11.3 Å². The predicted octanol–water partition coefficient (Wildman–Crippen LogP) is 4.22. The fraction of sp³-hybridized carbons (Fsp3) is 0.765. The van der Waals surface area contributed by atoms with Crippen molar-refractivity contribution in [1.29, 1.82) is 0 Å². The third-order valence-electron chi connectivity index (χ3n) is 3.92. The molecule has 0 bridgehead atoms. The van der Waals surface area contributed by atoms with Gasteiger partial charge in [0.1, 0.15) is 0 Å². The van der Waals surface area contributed by atoms with E-state index in [1.807, 2.05) is 0 Å². The van der Waals surface area contributed by atoms with Gasteiger partial charge >= 0.3 is 0 Å². The number of rotatable bonds is 6. The lowest BCUT2D eigenvalue weighted by Crippen LogP contribution is -2.48. The first-order valence-electron chi connectivity index (χ1n) is 8.73. The van der Waals surface area contributed by atoms with Crippen molar-refractivity contribution in [3.63, 3.8) is 0 Å². The molecule has 1 aliphatic heterocycles. The second-order valence-electron chi connectivity index (χ2n) is 6.16. The van der Waals surface area contributed by atoms with Crippen LogP contribution in [0.2, 0.25) is 0 Å². The number of hydrogen-bond acceptors (Lipinski definition) is 4. The van der Waals surface area contributed by atoms with Crippen molar-refractivity contribution in [2.45, 2.75) is 51.7 Å². The molecule has 2 rings (SSSR count). The maximum absolute atomic E-state index is 4.84. The molecule has 1 fully saturated rings. The molecule has 1 saturated heterocycles. The molecule has 0 aliphatic carbocycles. The Kier molecular flexibility index (Phi) is 10.6. The molecule has 1 atom stereocenters. The van der Waals surface area contributed by atoms with Crippen LogP contribution in [0.1, 0.15) is 50.7 Å². The highest BCUT2D eigenvalue weighted by Gasteiger charge is 2.21. The van der Waals surface area contributed by atoms with E-state index < -0.39 is 0 Å². The summed E-state index contributed by atoms with van der Waals surface area (Å²) in [5.41, 5.74) is 1.18. The number of aliphatic imine (C=N–C) groups is 1. The fourth-order valence-corrected chi connectivity index (χ4v) is 4.61. The summed E-state index contributed by atoms with van der Waals surface area (Å²) in [6.45, 7) is 12.8. The number of guanidine groups is 1. The third kappa shape index (κ3) is 6.71. The average molecular weight is 483 g/mol. The van der Waals surface area contributed by atoms with Crippen LogP contribution in [0.5, 0.6) is 0 Å². The molecule has 0 amide bonds. The fourth-order valence-electron chi connectivity index (χ4n) is 2.56. The van der Waals surface area contributed by atoms with Crippen molar-refractivity contribution in [3.05, 3.63) is 16.1 Å². The SMILES string of the molecule is CCNC(=NCCc1csc(C(C)C)n1)N1CCSC(CC)C1.I. The van der Waals surface area contributed by atoms with Crippen molar-refractivity contribution in [2.75, 3.05) is 31.9 Å². The van der Waals surface area contributed by atoms with Gasteiger partial charge in [-0.2, -0.15) is 11.8 Å². The van der Waals surface area contributed by atoms with Crippen LogP contribution in [0, 0.1) is 0 Å². The molecule has 0 aromatic carbocycles. The van der Waals surface area contributed by atoms with Crippen molar-refractivity contribution in [1.82, 2.24) is 15.2 Å². The second kappa shape index (κ2) is 11.6. The van der Waals surface area contributed by atoms with Crippen LogP contribution in [0.3, 0.4) is 0 Å². The molecule has 7 heteroatoms. The monoisotopic (exact) mass is 482 g/mol. The maximum atomic E-state index is 4.84. The van der Waals surface area contributed by atoms with Crippen LogP contribution in [-0.2, 0) is 6.42 Å². The first-order chi connectivity index (χ1) is 11.1. The van der Waals surface area contributed by atoms with E-state index in [0.29, 0.717) is 5.92 Å². The minimum Gasteiger partial charge on any atom is -0.357 e. The van der Waals surface area contributed by atoms with E-state index in [-0.39, 0.29) is 24.0 Å². The Hall–Kier alpha value is -0.0200. The van der Waals surface area contributed by atoms with E-state index >= 15 is 0 Å². The number of nitrogens with zero attached hydrogens (tertiary/aromatic N) is 3. The molecule has 0 radical (unpaired) electrons. The Morgan fingerprint density at radius 3 is 2.88 bits per heavy atom. The highest BCUT2D eigenvalue weighted by molar-refractivity contribution is 14.0. The quantitative estimate of drug-likeness (QED) is 0.375. The zero-order valence-electron chi connectivity index (χ0n) is 15.2. The van der Waals surface area contributed by atoms with Crippen LogP contribution >= 0.6 is 47.1 Å². The van der Waals surface area contributed by atoms with Gasteiger partial charge in [0.15, 0.2) is 5.96 Å². The van der Waals surface area contributed by atoms with Crippen LogP contribution in [-0.4, -0.2) is 53.0 Å². The molecule has 2 heterocycles. The lowest BCUT2D eigenvalue weighted by Gasteiger charge is -2.34. The Labute approximate surface area is 172 Å². The van der Waals surface area contributed by atoms with Crippen molar-refractivity contribution >= 4 is 53.0 Å².